The summed E-state index contributed by atoms with van der Waals surface area (Å²) in [6.45, 7) is 1.99. The van der Waals surface area contributed by atoms with Crippen LogP contribution in [-0.2, 0) is 25.2 Å². The summed E-state index contributed by atoms with van der Waals surface area (Å²) >= 11 is 0. The van der Waals surface area contributed by atoms with Crippen molar-refractivity contribution < 1.29 is 23.1 Å². The fourth-order valence-corrected chi connectivity index (χ4v) is 3.26. The van der Waals surface area contributed by atoms with E-state index in [0.29, 0.717) is 5.75 Å². The molecule has 122 valence electrons. The van der Waals surface area contributed by atoms with Crippen LogP contribution in [0.3, 0.4) is 0 Å². The van der Waals surface area contributed by atoms with Crippen LogP contribution in [0.2, 0.25) is 0 Å². The summed E-state index contributed by atoms with van der Waals surface area (Å²) < 4.78 is 28.7. The SMILES string of the molecule is CCOC(=O)CP(=O)(OCc1ccccc1)Oc1ccccc1. The molecule has 0 saturated carbocycles. The third-order valence-electron chi connectivity index (χ3n) is 2.89. The van der Waals surface area contributed by atoms with Gasteiger partial charge in [-0.05, 0) is 24.6 Å². The van der Waals surface area contributed by atoms with Crippen molar-refractivity contribution in [2.75, 3.05) is 12.8 Å². The van der Waals surface area contributed by atoms with E-state index >= 15 is 0 Å². The fourth-order valence-electron chi connectivity index (χ4n) is 1.86. The average molecular weight is 334 g/mol. The standard InChI is InChI=1S/C17H19O5P/c1-2-20-17(18)14-23(19,22-16-11-7-4-8-12-16)21-13-15-9-5-3-6-10-15/h3-12H,2,13-14H2,1H3. The number of rotatable bonds is 8. The number of esters is 1. The van der Waals surface area contributed by atoms with Gasteiger partial charge in [-0.2, -0.15) is 0 Å². The zero-order chi connectivity index (χ0) is 16.5. The van der Waals surface area contributed by atoms with Gasteiger partial charge in [0.2, 0.25) is 0 Å². The van der Waals surface area contributed by atoms with Crippen molar-refractivity contribution in [3.05, 3.63) is 66.2 Å². The molecule has 0 fully saturated rings. The van der Waals surface area contributed by atoms with Crippen LogP contribution < -0.4 is 4.52 Å². The van der Waals surface area contributed by atoms with Crippen LogP contribution in [0, 0.1) is 0 Å². The van der Waals surface area contributed by atoms with E-state index in [1.54, 1.807) is 31.2 Å². The van der Waals surface area contributed by atoms with Crippen LogP contribution in [0.5, 0.6) is 5.75 Å². The Bertz CT molecular complexity index is 657. The third-order valence-corrected chi connectivity index (χ3v) is 4.54. The normalized spacial score (nSPS) is 13.1. The van der Waals surface area contributed by atoms with E-state index in [1.165, 1.54) is 0 Å². The second kappa shape index (κ2) is 8.51. The molecule has 2 aromatic rings. The lowest BCUT2D eigenvalue weighted by Crippen LogP contribution is -2.14. The highest BCUT2D eigenvalue weighted by Gasteiger charge is 2.31. The molecule has 1 unspecified atom stereocenters. The molecule has 0 heterocycles. The summed E-state index contributed by atoms with van der Waals surface area (Å²) in [6.07, 6.45) is -0.428. The molecule has 0 aliphatic heterocycles. The fraction of sp³-hybridized carbons (Fsp3) is 0.235. The summed E-state index contributed by atoms with van der Waals surface area (Å²) in [4.78, 5) is 11.7. The van der Waals surface area contributed by atoms with Gasteiger partial charge in [0.15, 0.2) is 6.16 Å². The molecule has 0 bridgehead atoms. The van der Waals surface area contributed by atoms with E-state index in [4.69, 9.17) is 13.8 Å². The van der Waals surface area contributed by atoms with Crippen LogP contribution in [0.25, 0.3) is 0 Å². The molecule has 0 amide bonds. The van der Waals surface area contributed by atoms with Gasteiger partial charge in [0.05, 0.1) is 13.2 Å². The van der Waals surface area contributed by atoms with Gasteiger partial charge in [-0.3, -0.25) is 9.32 Å². The highest BCUT2D eigenvalue weighted by atomic mass is 31.2. The predicted molar refractivity (Wildman–Crippen MR) is 87.4 cm³/mol. The number of hydrogen-bond donors (Lipinski definition) is 0. The summed E-state index contributed by atoms with van der Waals surface area (Å²) in [6, 6.07) is 17.9. The van der Waals surface area contributed by atoms with Crippen molar-refractivity contribution in [3.63, 3.8) is 0 Å². The summed E-state index contributed by atoms with van der Waals surface area (Å²) in [5.41, 5.74) is 0.841. The monoisotopic (exact) mass is 334 g/mol. The Kier molecular flexibility index (Phi) is 6.39. The molecule has 0 radical (unpaired) electrons. The van der Waals surface area contributed by atoms with Gasteiger partial charge in [-0.1, -0.05) is 48.5 Å². The minimum absolute atomic E-state index is 0.0877. The van der Waals surface area contributed by atoms with Crippen molar-refractivity contribution >= 4 is 13.6 Å². The molecule has 0 N–H and O–H groups in total. The van der Waals surface area contributed by atoms with Crippen LogP contribution in [0.15, 0.2) is 60.7 Å². The maximum Gasteiger partial charge on any atom is 0.390 e. The number of benzene rings is 2. The van der Waals surface area contributed by atoms with Crippen molar-refractivity contribution in [2.45, 2.75) is 13.5 Å². The Morgan fingerprint density at radius 1 is 1.00 bits per heavy atom. The Morgan fingerprint density at radius 3 is 2.22 bits per heavy atom. The van der Waals surface area contributed by atoms with Gasteiger partial charge in [0.1, 0.15) is 5.75 Å². The van der Waals surface area contributed by atoms with Gasteiger partial charge in [0.25, 0.3) is 0 Å². The maximum atomic E-state index is 12.9. The van der Waals surface area contributed by atoms with Crippen LogP contribution in [0.4, 0.5) is 0 Å². The molecule has 0 saturated heterocycles. The van der Waals surface area contributed by atoms with Gasteiger partial charge in [-0.15, -0.1) is 0 Å². The molecule has 0 aromatic heterocycles. The summed E-state index contributed by atoms with van der Waals surface area (Å²) in [5.74, 6) is -0.229. The Balaban J connectivity index is 2.09. The van der Waals surface area contributed by atoms with E-state index in [0.717, 1.165) is 5.56 Å². The smallest absolute Gasteiger partial charge is 0.390 e. The van der Waals surface area contributed by atoms with E-state index in [9.17, 15) is 9.36 Å². The summed E-state index contributed by atoms with van der Waals surface area (Å²) in [5, 5.41) is 0. The topological polar surface area (TPSA) is 61.8 Å². The van der Waals surface area contributed by atoms with Crippen LogP contribution in [-0.4, -0.2) is 18.7 Å². The molecule has 0 aliphatic carbocycles. The molecule has 2 aromatic carbocycles. The second-order valence-corrected chi connectivity index (χ2v) is 6.72. The molecule has 5 nitrogen and oxygen atoms in total. The number of carbonyl (C=O) groups is 1. The van der Waals surface area contributed by atoms with Crippen LogP contribution >= 0.6 is 7.60 Å². The Morgan fingerprint density at radius 2 is 1.61 bits per heavy atom. The summed E-state index contributed by atoms with van der Waals surface area (Å²) in [7, 11) is -3.67. The van der Waals surface area contributed by atoms with Crippen molar-refractivity contribution in [1.82, 2.24) is 0 Å². The molecule has 0 spiro atoms. The quantitative estimate of drug-likeness (QED) is 0.538. The van der Waals surface area contributed by atoms with Gasteiger partial charge in [-0.25, -0.2) is 4.57 Å². The molecule has 23 heavy (non-hydrogen) atoms. The first-order valence-corrected chi connectivity index (χ1v) is 9.02. The van der Waals surface area contributed by atoms with Crippen molar-refractivity contribution in [1.29, 1.82) is 0 Å². The second-order valence-electron chi connectivity index (χ2n) is 4.74. The molecule has 2 rings (SSSR count). The maximum absolute atomic E-state index is 12.9. The first-order chi connectivity index (χ1) is 11.1. The minimum Gasteiger partial charge on any atom is -0.465 e. The van der Waals surface area contributed by atoms with Crippen molar-refractivity contribution in [2.24, 2.45) is 0 Å². The lowest BCUT2D eigenvalue weighted by molar-refractivity contribution is -0.140. The lowest BCUT2D eigenvalue weighted by atomic mass is 10.2. The molecule has 1 atom stereocenters. The third kappa shape index (κ3) is 5.89. The average Bonchev–Trinajstić information content (AvgIpc) is 2.55. The predicted octanol–water partition coefficient (Wildman–Crippen LogP) is 4.04. The van der Waals surface area contributed by atoms with E-state index < -0.39 is 19.7 Å². The van der Waals surface area contributed by atoms with Gasteiger partial charge < -0.3 is 9.26 Å². The van der Waals surface area contributed by atoms with E-state index in [1.807, 2.05) is 36.4 Å². The van der Waals surface area contributed by atoms with Gasteiger partial charge >= 0.3 is 13.6 Å². The lowest BCUT2D eigenvalue weighted by Gasteiger charge is -2.18. The highest BCUT2D eigenvalue weighted by Crippen LogP contribution is 2.49. The minimum atomic E-state index is -3.67. The number of hydrogen-bond acceptors (Lipinski definition) is 5. The van der Waals surface area contributed by atoms with E-state index in [-0.39, 0.29) is 13.2 Å². The number of ether oxygens (including phenoxy) is 1. The number of para-hydroxylation sites is 1. The number of carbonyl (C=O) groups excluding carboxylic acids is 1. The largest absolute Gasteiger partial charge is 0.465 e. The first kappa shape index (κ1) is 17.3. The Hall–Kier alpha value is -2.10. The molecule has 0 aliphatic rings. The van der Waals surface area contributed by atoms with Gasteiger partial charge in [0, 0.05) is 0 Å². The molecule has 6 heteroatoms. The zero-order valence-corrected chi connectivity index (χ0v) is 13.8. The highest BCUT2D eigenvalue weighted by molar-refractivity contribution is 7.55. The van der Waals surface area contributed by atoms with Crippen molar-refractivity contribution in [3.8, 4) is 5.75 Å². The van der Waals surface area contributed by atoms with E-state index in [2.05, 4.69) is 0 Å². The Labute approximate surface area is 135 Å². The zero-order valence-electron chi connectivity index (χ0n) is 12.9. The molecular weight excluding hydrogens is 315 g/mol. The molecular formula is C17H19O5P. The van der Waals surface area contributed by atoms with Crippen LogP contribution in [0.1, 0.15) is 12.5 Å². The first-order valence-electron chi connectivity index (χ1n) is 7.29.